The number of rotatable bonds is 2. The molecule has 2 aliphatic heterocycles. The third-order valence-electron chi connectivity index (χ3n) is 2.55. The smallest absolute Gasteiger partial charge is 0.0891 e. The molecule has 12 heavy (non-hydrogen) atoms. The second-order valence-corrected chi connectivity index (χ2v) is 3.76. The zero-order valence-electron chi connectivity index (χ0n) is 7.66. The molecule has 0 aromatic carbocycles. The topological polar surface area (TPSA) is 18.5 Å². The van der Waals surface area contributed by atoms with Crippen molar-refractivity contribution in [2.45, 2.75) is 18.9 Å². The molecule has 0 bridgehead atoms. The summed E-state index contributed by atoms with van der Waals surface area (Å²) in [6.07, 6.45) is 7.00. The predicted molar refractivity (Wildman–Crippen MR) is 49.5 cm³/mol. The van der Waals surface area contributed by atoms with Crippen LogP contribution in [0.25, 0.3) is 0 Å². The average molecular weight is 167 g/mol. The largest absolute Gasteiger partial charge is 0.362 e. The van der Waals surface area contributed by atoms with Gasteiger partial charge in [0.25, 0.3) is 0 Å². The van der Waals surface area contributed by atoms with Gasteiger partial charge < -0.3 is 15.1 Å². The molecule has 0 aromatic rings. The predicted octanol–water partition coefficient (Wildman–Crippen LogP) is 0.414. The van der Waals surface area contributed by atoms with E-state index in [4.69, 9.17) is 0 Å². The van der Waals surface area contributed by atoms with Gasteiger partial charge in [-0.25, -0.2) is 0 Å². The summed E-state index contributed by atoms with van der Waals surface area (Å²) < 4.78 is 0. The van der Waals surface area contributed by atoms with Crippen LogP contribution >= 0.6 is 0 Å². The van der Waals surface area contributed by atoms with E-state index in [-0.39, 0.29) is 0 Å². The van der Waals surface area contributed by atoms with E-state index in [1.54, 1.807) is 0 Å². The van der Waals surface area contributed by atoms with E-state index in [2.05, 4.69) is 34.6 Å². The first-order valence-electron chi connectivity index (χ1n) is 4.70. The molecule has 1 atom stereocenters. The number of nitrogens with one attached hydrogen (secondary N) is 1. The van der Waals surface area contributed by atoms with Crippen molar-refractivity contribution in [1.82, 2.24) is 15.1 Å². The summed E-state index contributed by atoms with van der Waals surface area (Å²) in [7, 11) is 2.11. The minimum absolute atomic E-state index is 0.723. The average Bonchev–Trinajstić information content (AvgIpc) is 2.63. The first-order valence-corrected chi connectivity index (χ1v) is 4.70. The van der Waals surface area contributed by atoms with Gasteiger partial charge in [0.05, 0.1) is 6.67 Å². The zero-order chi connectivity index (χ0) is 8.39. The van der Waals surface area contributed by atoms with Crippen LogP contribution in [0.15, 0.2) is 12.4 Å². The summed E-state index contributed by atoms with van der Waals surface area (Å²) in [5, 5.41) is 3.50. The lowest BCUT2D eigenvalue weighted by Crippen LogP contribution is -2.35. The van der Waals surface area contributed by atoms with E-state index in [0.29, 0.717) is 0 Å². The lowest BCUT2D eigenvalue weighted by molar-refractivity contribution is 0.275. The molecule has 0 amide bonds. The van der Waals surface area contributed by atoms with Crippen LogP contribution in [0.4, 0.5) is 0 Å². The molecule has 0 saturated carbocycles. The van der Waals surface area contributed by atoms with E-state index in [0.717, 1.165) is 12.7 Å². The molecule has 3 nitrogen and oxygen atoms in total. The van der Waals surface area contributed by atoms with Crippen molar-refractivity contribution >= 4 is 0 Å². The lowest BCUT2D eigenvalue weighted by atomic mass is 10.2. The molecule has 2 aliphatic rings. The van der Waals surface area contributed by atoms with Crippen LogP contribution in [0.1, 0.15) is 12.8 Å². The molecular formula is C9H17N3. The molecule has 68 valence electrons. The maximum Gasteiger partial charge on any atom is 0.0891 e. The Labute approximate surface area is 74.0 Å². The van der Waals surface area contributed by atoms with Crippen LogP contribution in [-0.4, -0.2) is 42.6 Å². The van der Waals surface area contributed by atoms with Gasteiger partial charge in [-0.2, -0.15) is 0 Å². The standard InChI is InChI=1S/C9H17N3/c1-11-5-6-12(8-11)7-9-3-2-4-10-9/h5-6,9-10H,2-4,7-8H2,1H3/t9-/m0/s1. The highest BCUT2D eigenvalue weighted by molar-refractivity contribution is 4.91. The fourth-order valence-electron chi connectivity index (χ4n) is 1.90. The molecule has 2 heterocycles. The van der Waals surface area contributed by atoms with Crippen LogP contribution in [0, 0.1) is 0 Å². The Morgan fingerprint density at radius 3 is 3.00 bits per heavy atom. The van der Waals surface area contributed by atoms with Crippen LogP contribution in [0.5, 0.6) is 0 Å². The molecular weight excluding hydrogens is 150 g/mol. The van der Waals surface area contributed by atoms with Crippen LogP contribution in [0.2, 0.25) is 0 Å². The number of hydrogen-bond donors (Lipinski definition) is 1. The minimum atomic E-state index is 0.723. The van der Waals surface area contributed by atoms with E-state index in [9.17, 15) is 0 Å². The van der Waals surface area contributed by atoms with Crippen LogP contribution in [0.3, 0.4) is 0 Å². The first-order chi connectivity index (χ1) is 5.84. The fourth-order valence-corrected chi connectivity index (χ4v) is 1.90. The van der Waals surface area contributed by atoms with Crippen molar-refractivity contribution < 1.29 is 0 Å². The quantitative estimate of drug-likeness (QED) is 0.643. The van der Waals surface area contributed by atoms with Gasteiger partial charge in [-0.3, -0.25) is 0 Å². The first kappa shape index (κ1) is 7.92. The Kier molecular flexibility index (Phi) is 2.21. The van der Waals surface area contributed by atoms with Gasteiger partial charge in [0, 0.05) is 32.0 Å². The van der Waals surface area contributed by atoms with Crippen LogP contribution in [-0.2, 0) is 0 Å². The van der Waals surface area contributed by atoms with Gasteiger partial charge in [-0.05, 0) is 19.4 Å². The molecule has 1 N–H and O–H groups in total. The van der Waals surface area contributed by atoms with Gasteiger partial charge in [0.2, 0.25) is 0 Å². The third-order valence-corrected chi connectivity index (χ3v) is 2.55. The Bertz CT molecular complexity index is 173. The fraction of sp³-hybridized carbons (Fsp3) is 0.778. The summed E-state index contributed by atoms with van der Waals surface area (Å²) in [6, 6.07) is 0.723. The summed E-state index contributed by atoms with van der Waals surface area (Å²) in [4.78, 5) is 4.57. The van der Waals surface area contributed by atoms with Gasteiger partial charge in [0.15, 0.2) is 0 Å². The van der Waals surface area contributed by atoms with Crippen molar-refractivity contribution in [2.75, 3.05) is 26.8 Å². The molecule has 1 fully saturated rings. The maximum atomic E-state index is 3.50. The van der Waals surface area contributed by atoms with E-state index < -0.39 is 0 Å². The lowest BCUT2D eigenvalue weighted by Gasteiger charge is -2.21. The number of nitrogens with zero attached hydrogens (tertiary/aromatic N) is 2. The van der Waals surface area contributed by atoms with E-state index in [1.807, 2.05) is 0 Å². The summed E-state index contributed by atoms with van der Waals surface area (Å²) in [5.41, 5.74) is 0. The van der Waals surface area contributed by atoms with Gasteiger partial charge in [-0.1, -0.05) is 0 Å². The monoisotopic (exact) mass is 167 g/mol. The highest BCUT2D eigenvalue weighted by atomic mass is 15.3. The molecule has 1 saturated heterocycles. The molecule has 3 heteroatoms. The molecule has 2 rings (SSSR count). The molecule has 0 aliphatic carbocycles. The normalized spacial score (nSPS) is 28.9. The molecule has 0 spiro atoms. The van der Waals surface area contributed by atoms with Crippen molar-refractivity contribution in [2.24, 2.45) is 0 Å². The summed E-state index contributed by atoms with van der Waals surface area (Å²) in [6.45, 7) is 3.43. The zero-order valence-corrected chi connectivity index (χ0v) is 7.66. The van der Waals surface area contributed by atoms with Crippen molar-refractivity contribution in [3.05, 3.63) is 12.4 Å². The highest BCUT2D eigenvalue weighted by Gasteiger charge is 2.18. The Hall–Kier alpha value is -0.700. The second kappa shape index (κ2) is 3.35. The number of hydrogen-bond acceptors (Lipinski definition) is 3. The van der Waals surface area contributed by atoms with Crippen LogP contribution < -0.4 is 5.32 Å². The highest BCUT2D eigenvalue weighted by Crippen LogP contribution is 2.10. The maximum absolute atomic E-state index is 3.50. The van der Waals surface area contributed by atoms with Crippen molar-refractivity contribution in [3.8, 4) is 0 Å². The summed E-state index contributed by atoms with van der Waals surface area (Å²) >= 11 is 0. The van der Waals surface area contributed by atoms with Gasteiger partial charge in [0.1, 0.15) is 0 Å². The SMILES string of the molecule is CN1C=CN(C[C@@H]2CCCN2)C1. The third kappa shape index (κ3) is 1.72. The van der Waals surface area contributed by atoms with E-state index in [1.165, 1.54) is 25.9 Å². The molecule has 0 radical (unpaired) electrons. The minimum Gasteiger partial charge on any atom is -0.362 e. The Balaban J connectivity index is 1.76. The summed E-state index contributed by atoms with van der Waals surface area (Å²) in [5.74, 6) is 0. The van der Waals surface area contributed by atoms with E-state index >= 15 is 0 Å². The van der Waals surface area contributed by atoms with Gasteiger partial charge in [-0.15, -0.1) is 0 Å². The Morgan fingerprint density at radius 2 is 2.42 bits per heavy atom. The van der Waals surface area contributed by atoms with Gasteiger partial charge >= 0.3 is 0 Å². The molecule has 0 unspecified atom stereocenters. The second-order valence-electron chi connectivity index (χ2n) is 3.76. The molecule has 0 aromatic heterocycles. The van der Waals surface area contributed by atoms with Crippen molar-refractivity contribution in [1.29, 1.82) is 0 Å². The Morgan fingerprint density at radius 1 is 1.50 bits per heavy atom. The van der Waals surface area contributed by atoms with Crippen molar-refractivity contribution in [3.63, 3.8) is 0 Å².